The fourth-order valence-electron chi connectivity index (χ4n) is 2.46. The van der Waals surface area contributed by atoms with E-state index in [1.165, 1.54) is 6.07 Å². The number of carbonyl (C=O) groups is 2. The third kappa shape index (κ3) is 5.99. The number of carboxylic acid groups (broad SMARTS) is 1. The Labute approximate surface area is 144 Å². The zero-order valence-corrected chi connectivity index (χ0v) is 13.5. The Morgan fingerprint density at radius 1 is 1.00 bits per heavy atom. The third-order valence-electron chi connectivity index (χ3n) is 3.77. The number of amides is 1. The van der Waals surface area contributed by atoms with E-state index in [2.05, 4.69) is 5.32 Å². The molecular formula is C19H19F2NO3. The van der Waals surface area contributed by atoms with Crippen molar-refractivity contribution in [2.24, 2.45) is 0 Å². The molecule has 2 rings (SSSR count). The van der Waals surface area contributed by atoms with Crippen molar-refractivity contribution in [3.63, 3.8) is 0 Å². The maximum Gasteiger partial charge on any atom is 0.326 e. The number of aliphatic carboxylic acids is 1. The zero-order chi connectivity index (χ0) is 18.2. The normalized spacial score (nSPS) is 11.8. The summed E-state index contributed by atoms with van der Waals surface area (Å²) in [6.45, 7) is 0. The van der Waals surface area contributed by atoms with E-state index in [1.54, 1.807) is 24.3 Å². The Kier molecular flexibility index (Phi) is 6.62. The van der Waals surface area contributed by atoms with Gasteiger partial charge in [0.05, 0.1) is 0 Å². The number of benzene rings is 2. The van der Waals surface area contributed by atoms with Gasteiger partial charge in [-0.2, -0.15) is 0 Å². The van der Waals surface area contributed by atoms with Crippen LogP contribution in [0.15, 0.2) is 48.5 Å². The molecule has 0 fully saturated rings. The average molecular weight is 347 g/mol. The van der Waals surface area contributed by atoms with Gasteiger partial charge in [-0.3, -0.25) is 4.79 Å². The highest BCUT2D eigenvalue weighted by Crippen LogP contribution is 2.11. The number of aryl methyl sites for hydroxylation is 1. The van der Waals surface area contributed by atoms with Crippen LogP contribution in [0.25, 0.3) is 0 Å². The molecule has 2 aromatic rings. The molecule has 0 radical (unpaired) electrons. The summed E-state index contributed by atoms with van der Waals surface area (Å²) in [5.74, 6) is -3.31. The molecule has 0 unspecified atom stereocenters. The lowest BCUT2D eigenvalue weighted by Gasteiger charge is -2.14. The second-order valence-electron chi connectivity index (χ2n) is 5.75. The minimum atomic E-state index is -1.10. The van der Waals surface area contributed by atoms with E-state index in [9.17, 15) is 23.5 Å². The van der Waals surface area contributed by atoms with Crippen molar-refractivity contribution in [1.29, 1.82) is 0 Å². The van der Waals surface area contributed by atoms with Crippen molar-refractivity contribution in [2.45, 2.75) is 31.7 Å². The first kappa shape index (κ1) is 18.6. The van der Waals surface area contributed by atoms with E-state index in [-0.39, 0.29) is 18.7 Å². The molecule has 0 aliphatic carbocycles. The van der Waals surface area contributed by atoms with Gasteiger partial charge in [-0.25, -0.2) is 13.6 Å². The van der Waals surface area contributed by atoms with E-state index in [1.807, 2.05) is 6.07 Å². The summed E-state index contributed by atoms with van der Waals surface area (Å²) in [7, 11) is 0. The molecule has 25 heavy (non-hydrogen) atoms. The summed E-state index contributed by atoms with van der Waals surface area (Å²) in [6.07, 6.45) is 1.12. The van der Waals surface area contributed by atoms with Gasteiger partial charge in [-0.05, 0) is 36.1 Å². The van der Waals surface area contributed by atoms with Crippen LogP contribution in [0.5, 0.6) is 0 Å². The average Bonchev–Trinajstić information content (AvgIpc) is 2.58. The number of carbonyl (C=O) groups excluding carboxylic acids is 1. The molecule has 1 amide bonds. The standard InChI is InChI=1S/C19H19F2NO3/c20-15-10-9-14(11-16(15)21)7-4-8-18(23)22-17(19(24)25)12-13-5-2-1-3-6-13/h1-3,5-6,9-11,17H,4,7-8,12H2,(H,22,23)(H,24,25)/t17-/m0/s1. The Bertz CT molecular complexity index is 735. The topological polar surface area (TPSA) is 66.4 Å². The number of nitrogens with one attached hydrogen (secondary N) is 1. The summed E-state index contributed by atoms with van der Waals surface area (Å²) in [6, 6.07) is 11.6. The SMILES string of the molecule is O=C(CCCc1ccc(F)c(F)c1)N[C@@H](Cc1ccccc1)C(=O)O. The van der Waals surface area contributed by atoms with Gasteiger partial charge in [0, 0.05) is 12.8 Å². The zero-order valence-electron chi connectivity index (χ0n) is 13.5. The summed E-state index contributed by atoms with van der Waals surface area (Å²) in [4.78, 5) is 23.3. The number of hydrogen-bond donors (Lipinski definition) is 2. The highest BCUT2D eigenvalue weighted by molar-refractivity contribution is 5.83. The largest absolute Gasteiger partial charge is 0.480 e. The summed E-state index contributed by atoms with van der Waals surface area (Å²) in [5, 5.41) is 11.8. The molecule has 0 saturated carbocycles. The fraction of sp³-hybridized carbons (Fsp3) is 0.263. The van der Waals surface area contributed by atoms with Crippen LogP contribution in [0.1, 0.15) is 24.0 Å². The Hall–Kier alpha value is -2.76. The first-order valence-corrected chi connectivity index (χ1v) is 7.95. The van der Waals surface area contributed by atoms with Crippen molar-refractivity contribution >= 4 is 11.9 Å². The lowest BCUT2D eigenvalue weighted by Crippen LogP contribution is -2.42. The third-order valence-corrected chi connectivity index (χ3v) is 3.77. The molecule has 0 bridgehead atoms. The lowest BCUT2D eigenvalue weighted by molar-refractivity contribution is -0.141. The predicted octanol–water partition coefficient (Wildman–Crippen LogP) is 3.10. The van der Waals surface area contributed by atoms with Gasteiger partial charge in [0.2, 0.25) is 5.91 Å². The van der Waals surface area contributed by atoms with E-state index >= 15 is 0 Å². The Morgan fingerprint density at radius 2 is 1.72 bits per heavy atom. The highest BCUT2D eigenvalue weighted by Gasteiger charge is 2.20. The molecular weight excluding hydrogens is 328 g/mol. The van der Waals surface area contributed by atoms with E-state index in [0.29, 0.717) is 18.4 Å². The van der Waals surface area contributed by atoms with Gasteiger partial charge in [0.15, 0.2) is 11.6 Å². The van der Waals surface area contributed by atoms with Crippen molar-refractivity contribution in [3.8, 4) is 0 Å². The molecule has 2 N–H and O–H groups in total. The van der Waals surface area contributed by atoms with Gasteiger partial charge >= 0.3 is 5.97 Å². The van der Waals surface area contributed by atoms with Crippen molar-refractivity contribution in [1.82, 2.24) is 5.32 Å². The smallest absolute Gasteiger partial charge is 0.326 e. The van der Waals surface area contributed by atoms with Gasteiger partial charge in [-0.1, -0.05) is 36.4 Å². The van der Waals surface area contributed by atoms with Crippen LogP contribution in [0, 0.1) is 11.6 Å². The van der Waals surface area contributed by atoms with Gasteiger partial charge in [-0.15, -0.1) is 0 Å². The van der Waals surface area contributed by atoms with Crippen LogP contribution in [-0.4, -0.2) is 23.0 Å². The number of carboxylic acids is 1. The number of rotatable bonds is 8. The van der Waals surface area contributed by atoms with Crippen molar-refractivity contribution < 1.29 is 23.5 Å². The Balaban J connectivity index is 1.82. The second-order valence-corrected chi connectivity index (χ2v) is 5.75. The second kappa shape index (κ2) is 8.92. The minimum absolute atomic E-state index is 0.109. The fourth-order valence-corrected chi connectivity index (χ4v) is 2.46. The van der Waals surface area contributed by atoms with E-state index < -0.39 is 23.6 Å². The Morgan fingerprint density at radius 3 is 2.36 bits per heavy atom. The maximum absolute atomic E-state index is 13.1. The molecule has 0 heterocycles. The first-order valence-electron chi connectivity index (χ1n) is 7.95. The van der Waals surface area contributed by atoms with Gasteiger partial charge < -0.3 is 10.4 Å². The number of hydrogen-bond acceptors (Lipinski definition) is 2. The molecule has 6 heteroatoms. The molecule has 2 aromatic carbocycles. The molecule has 0 aliphatic heterocycles. The molecule has 0 aliphatic rings. The van der Waals surface area contributed by atoms with E-state index in [4.69, 9.17) is 0 Å². The summed E-state index contributed by atoms with van der Waals surface area (Å²) >= 11 is 0. The van der Waals surface area contributed by atoms with Crippen LogP contribution in [0.2, 0.25) is 0 Å². The first-order chi connectivity index (χ1) is 12.0. The van der Waals surface area contributed by atoms with E-state index in [0.717, 1.165) is 17.7 Å². The molecule has 4 nitrogen and oxygen atoms in total. The van der Waals surface area contributed by atoms with Crippen LogP contribution in [-0.2, 0) is 22.4 Å². The summed E-state index contributed by atoms with van der Waals surface area (Å²) < 4.78 is 26.0. The van der Waals surface area contributed by atoms with Crippen LogP contribution in [0.3, 0.4) is 0 Å². The maximum atomic E-state index is 13.1. The quantitative estimate of drug-likeness (QED) is 0.771. The van der Waals surface area contributed by atoms with Crippen LogP contribution < -0.4 is 5.32 Å². The van der Waals surface area contributed by atoms with Crippen LogP contribution >= 0.6 is 0 Å². The molecule has 132 valence electrons. The predicted molar refractivity (Wildman–Crippen MR) is 89.0 cm³/mol. The summed E-state index contributed by atoms with van der Waals surface area (Å²) in [5.41, 5.74) is 1.41. The molecule has 1 atom stereocenters. The van der Waals surface area contributed by atoms with Gasteiger partial charge in [0.25, 0.3) is 0 Å². The van der Waals surface area contributed by atoms with Gasteiger partial charge in [0.1, 0.15) is 6.04 Å². The molecule has 0 spiro atoms. The number of halogens is 2. The van der Waals surface area contributed by atoms with Crippen LogP contribution in [0.4, 0.5) is 8.78 Å². The monoisotopic (exact) mass is 347 g/mol. The highest BCUT2D eigenvalue weighted by atomic mass is 19.2. The molecule has 0 aromatic heterocycles. The molecule has 0 saturated heterocycles. The minimum Gasteiger partial charge on any atom is -0.480 e. The van der Waals surface area contributed by atoms with Crippen molar-refractivity contribution in [2.75, 3.05) is 0 Å². The lowest BCUT2D eigenvalue weighted by atomic mass is 10.0. The van der Waals surface area contributed by atoms with Crippen molar-refractivity contribution in [3.05, 3.63) is 71.3 Å².